The molecule has 1 atom stereocenters. The fraction of sp³-hybridized carbons (Fsp3) is 0.312. The molecule has 2 aliphatic rings. The van der Waals surface area contributed by atoms with Gasteiger partial charge in [-0.15, -0.1) is 0 Å². The first-order valence-corrected chi connectivity index (χ1v) is 9.20. The predicted molar refractivity (Wildman–Crippen MR) is 92.5 cm³/mol. The fourth-order valence-corrected chi connectivity index (χ4v) is 4.97. The molecule has 23 heavy (non-hydrogen) atoms. The molecule has 7 heteroatoms. The number of hydrogen-bond acceptors (Lipinski definition) is 5. The summed E-state index contributed by atoms with van der Waals surface area (Å²) in [7, 11) is 0. The van der Waals surface area contributed by atoms with Gasteiger partial charge in [0.05, 0.1) is 6.42 Å². The summed E-state index contributed by atoms with van der Waals surface area (Å²) in [6.07, 6.45) is 2.68. The minimum atomic E-state index is -0.837. The van der Waals surface area contributed by atoms with Gasteiger partial charge >= 0.3 is 5.97 Å². The molecular weight excluding hydrogens is 330 g/mol. The van der Waals surface area contributed by atoms with Gasteiger partial charge in [-0.25, -0.2) is 4.98 Å². The number of fused-ring (bicyclic) bond motifs is 2. The fourth-order valence-electron chi connectivity index (χ4n) is 2.97. The number of carboxylic acids is 1. The van der Waals surface area contributed by atoms with Gasteiger partial charge in [0.15, 0.2) is 5.17 Å². The zero-order valence-electron chi connectivity index (χ0n) is 12.3. The van der Waals surface area contributed by atoms with Crippen LogP contribution in [0.3, 0.4) is 0 Å². The molecule has 3 heterocycles. The molecule has 0 radical (unpaired) electrons. The molecular formula is C16H15N3O2S2. The zero-order valence-corrected chi connectivity index (χ0v) is 13.9. The first-order valence-electron chi connectivity index (χ1n) is 7.40. The van der Waals surface area contributed by atoms with Gasteiger partial charge in [-0.1, -0.05) is 47.4 Å². The Bertz CT molecular complexity index is 787. The van der Waals surface area contributed by atoms with Crippen LogP contribution in [0.15, 0.2) is 35.5 Å². The Labute approximate surface area is 142 Å². The van der Waals surface area contributed by atoms with E-state index >= 15 is 0 Å². The third-order valence-corrected chi connectivity index (χ3v) is 6.09. The average molecular weight is 345 g/mol. The standard InChI is InChI=1S/C16H15N3O2S2/c20-14(21)6-13-7-17-15(23-13)18-16-19-8-11-4-2-1-3-10(11)5-12(19)9-22-16/h1-4,7,12H,5-6,8-9H2,(H,20,21)/b18-16+/t12-/m0/s1. The van der Waals surface area contributed by atoms with Crippen molar-refractivity contribution in [2.45, 2.75) is 25.4 Å². The van der Waals surface area contributed by atoms with Gasteiger partial charge in [-0.3, -0.25) is 4.79 Å². The number of thiazole rings is 1. The molecule has 4 rings (SSSR count). The van der Waals surface area contributed by atoms with Crippen molar-refractivity contribution >= 4 is 39.4 Å². The summed E-state index contributed by atoms with van der Waals surface area (Å²) >= 11 is 3.12. The normalized spacial score (nSPS) is 21.3. The van der Waals surface area contributed by atoms with E-state index in [9.17, 15) is 4.79 Å². The maximum atomic E-state index is 10.8. The smallest absolute Gasteiger partial charge is 0.308 e. The minimum absolute atomic E-state index is 0.00930. The quantitative estimate of drug-likeness (QED) is 0.926. The predicted octanol–water partition coefficient (Wildman–Crippen LogP) is 2.93. The lowest BCUT2D eigenvalue weighted by Gasteiger charge is -2.32. The van der Waals surface area contributed by atoms with E-state index in [1.54, 1.807) is 18.0 Å². The molecule has 0 bridgehead atoms. The van der Waals surface area contributed by atoms with Crippen LogP contribution in [0, 0.1) is 0 Å². The van der Waals surface area contributed by atoms with Crippen LogP contribution in [0.5, 0.6) is 0 Å². The van der Waals surface area contributed by atoms with E-state index in [2.05, 4.69) is 39.1 Å². The second-order valence-electron chi connectivity index (χ2n) is 5.64. The second-order valence-corrected chi connectivity index (χ2v) is 7.72. The van der Waals surface area contributed by atoms with E-state index in [1.165, 1.54) is 22.5 Å². The number of thioether (sulfide) groups is 1. The van der Waals surface area contributed by atoms with Gasteiger partial charge in [0.25, 0.3) is 0 Å². The molecule has 1 N–H and O–H groups in total. The van der Waals surface area contributed by atoms with Crippen LogP contribution in [0.25, 0.3) is 0 Å². The summed E-state index contributed by atoms with van der Waals surface area (Å²) in [5.41, 5.74) is 2.80. The Morgan fingerprint density at radius 1 is 1.39 bits per heavy atom. The van der Waals surface area contributed by atoms with Gasteiger partial charge in [-0.2, -0.15) is 4.99 Å². The topological polar surface area (TPSA) is 65.8 Å². The third-order valence-electron chi connectivity index (χ3n) is 4.06. The molecule has 0 aliphatic carbocycles. The minimum Gasteiger partial charge on any atom is -0.481 e. The van der Waals surface area contributed by atoms with E-state index in [4.69, 9.17) is 5.11 Å². The maximum absolute atomic E-state index is 10.8. The Balaban J connectivity index is 1.56. The van der Waals surface area contributed by atoms with Crippen LogP contribution in [0.1, 0.15) is 16.0 Å². The van der Waals surface area contributed by atoms with Crippen LogP contribution in [-0.4, -0.2) is 37.9 Å². The monoisotopic (exact) mass is 345 g/mol. The molecule has 0 spiro atoms. The molecule has 1 aromatic heterocycles. The maximum Gasteiger partial charge on any atom is 0.308 e. The van der Waals surface area contributed by atoms with Crippen LogP contribution in [0.4, 0.5) is 5.13 Å². The van der Waals surface area contributed by atoms with Crippen molar-refractivity contribution in [2.24, 2.45) is 4.99 Å². The first-order chi connectivity index (χ1) is 11.2. The Morgan fingerprint density at radius 2 is 2.22 bits per heavy atom. The van der Waals surface area contributed by atoms with E-state index in [1.807, 2.05) is 0 Å². The summed E-state index contributed by atoms with van der Waals surface area (Å²) in [5.74, 6) is 0.205. The Morgan fingerprint density at radius 3 is 3.04 bits per heavy atom. The summed E-state index contributed by atoms with van der Waals surface area (Å²) in [4.78, 5) is 22.8. The van der Waals surface area contributed by atoms with Crippen molar-refractivity contribution < 1.29 is 9.90 Å². The van der Waals surface area contributed by atoms with Crippen molar-refractivity contribution in [3.63, 3.8) is 0 Å². The largest absolute Gasteiger partial charge is 0.481 e. The molecule has 0 unspecified atom stereocenters. The van der Waals surface area contributed by atoms with E-state index in [0.29, 0.717) is 11.2 Å². The number of amidine groups is 1. The number of rotatable bonds is 3. The molecule has 0 saturated carbocycles. The van der Waals surface area contributed by atoms with Gasteiger partial charge in [0, 0.05) is 29.4 Å². The summed E-state index contributed by atoms with van der Waals surface area (Å²) < 4.78 is 0. The van der Waals surface area contributed by atoms with E-state index < -0.39 is 5.97 Å². The van der Waals surface area contributed by atoms with E-state index in [0.717, 1.165) is 28.8 Å². The highest BCUT2D eigenvalue weighted by atomic mass is 32.2. The SMILES string of the molecule is O=C(O)Cc1cnc(/N=C2/SC[C@@H]3Cc4ccccc4CN23)s1. The molecule has 118 valence electrons. The highest BCUT2D eigenvalue weighted by Crippen LogP contribution is 2.35. The molecule has 5 nitrogen and oxygen atoms in total. The molecule has 0 amide bonds. The van der Waals surface area contributed by atoms with Crippen LogP contribution < -0.4 is 0 Å². The highest BCUT2D eigenvalue weighted by Gasteiger charge is 2.34. The molecule has 1 saturated heterocycles. The van der Waals surface area contributed by atoms with Gasteiger partial charge in [0.1, 0.15) is 0 Å². The number of carboxylic acid groups (broad SMARTS) is 1. The van der Waals surface area contributed by atoms with Crippen molar-refractivity contribution in [2.75, 3.05) is 5.75 Å². The second kappa shape index (κ2) is 5.98. The van der Waals surface area contributed by atoms with Crippen molar-refractivity contribution in [3.8, 4) is 0 Å². The molecule has 1 aromatic carbocycles. The van der Waals surface area contributed by atoms with Crippen LogP contribution in [0.2, 0.25) is 0 Å². The Hall–Kier alpha value is -1.86. The van der Waals surface area contributed by atoms with Gasteiger partial charge < -0.3 is 10.0 Å². The van der Waals surface area contributed by atoms with Crippen molar-refractivity contribution in [1.82, 2.24) is 9.88 Å². The summed E-state index contributed by atoms with van der Waals surface area (Å²) in [6.45, 7) is 0.889. The molecule has 2 aromatic rings. The number of hydrogen-bond donors (Lipinski definition) is 1. The lowest BCUT2D eigenvalue weighted by Crippen LogP contribution is -2.38. The number of carbonyl (C=O) groups is 1. The van der Waals surface area contributed by atoms with Gasteiger partial charge in [0.2, 0.25) is 5.13 Å². The third kappa shape index (κ3) is 2.98. The average Bonchev–Trinajstić information content (AvgIpc) is 3.12. The lowest BCUT2D eigenvalue weighted by atomic mass is 9.95. The highest BCUT2D eigenvalue weighted by molar-refractivity contribution is 8.14. The first kappa shape index (κ1) is 14.7. The van der Waals surface area contributed by atoms with Crippen molar-refractivity contribution in [1.29, 1.82) is 0 Å². The van der Waals surface area contributed by atoms with E-state index in [-0.39, 0.29) is 6.42 Å². The zero-order chi connectivity index (χ0) is 15.8. The number of benzene rings is 1. The lowest BCUT2D eigenvalue weighted by molar-refractivity contribution is -0.136. The van der Waals surface area contributed by atoms with Crippen molar-refractivity contribution in [3.05, 3.63) is 46.5 Å². The number of nitrogens with zero attached hydrogens (tertiary/aromatic N) is 3. The van der Waals surface area contributed by atoms with Gasteiger partial charge in [-0.05, 0) is 17.5 Å². The number of aliphatic carboxylic acids is 1. The number of aliphatic imine (C=N–C) groups is 1. The molecule has 2 aliphatic heterocycles. The number of aromatic nitrogens is 1. The Kier molecular flexibility index (Phi) is 3.82. The molecule has 1 fully saturated rings. The van der Waals surface area contributed by atoms with Crippen LogP contribution >= 0.6 is 23.1 Å². The summed E-state index contributed by atoms with van der Waals surface area (Å²) in [6, 6.07) is 9.07. The van der Waals surface area contributed by atoms with Crippen LogP contribution in [-0.2, 0) is 24.2 Å². The summed E-state index contributed by atoms with van der Waals surface area (Å²) in [5, 5.41) is 10.5.